The number of hydrogen-bond acceptors (Lipinski definition) is 5. The van der Waals surface area contributed by atoms with Gasteiger partial charge in [0.25, 0.3) is 0 Å². The van der Waals surface area contributed by atoms with Gasteiger partial charge in [-0.15, -0.1) is 0 Å². The van der Waals surface area contributed by atoms with E-state index < -0.39 is 0 Å². The molecule has 0 saturated carbocycles. The highest BCUT2D eigenvalue weighted by atomic mass is 16.5. The average molecular weight is 263 g/mol. The van der Waals surface area contributed by atoms with Crippen LogP contribution >= 0.6 is 0 Å². The zero-order valence-corrected chi connectivity index (χ0v) is 12.3. The first-order chi connectivity index (χ1) is 8.77. The number of likely N-dealkylation sites (N-methyl/N-ethyl adjacent to an activating group) is 1. The van der Waals surface area contributed by atoms with Crippen molar-refractivity contribution in [1.82, 2.24) is 5.32 Å². The van der Waals surface area contributed by atoms with E-state index in [0.29, 0.717) is 33.0 Å². The summed E-state index contributed by atoms with van der Waals surface area (Å²) in [7, 11) is 0. The van der Waals surface area contributed by atoms with Crippen molar-refractivity contribution in [1.29, 1.82) is 0 Å². The van der Waals surface area contributed by atoms with E-state index in [9.17, 15) is 4.79 Å². The zero-order valence-electron chi connectivity index (χ0n) is 12.3. The second-order valence-corrected chi connectivity index (χ2v) is 3.33. The summed E-state index contributed by atoms with van der Waals surface area (Å²) in [5.41, 5.74) is 0. The largest absolute Gasteiger partial charge is 0.378 e. The topological polar surface area (TPSA) is 56.8 Å². The molecule has 0 unspecified atom stereocenters. The Morgan fingerprint density at radius 2 is 1.44 bits per heavy atom. The number of ether oxygens (including phenoxy) is 3. The molecule has 0 rings (SSSR count). The van der Waals surface area contributed by atoms with Gasteiger partial charge >= 0.3 is 0 Å². The second-order valence-electron chi connectivity index (χ2n) is 3.33. The monoisotopic (exact) mass is 263 g/mol. The molecule has 0 radical (unpaired) electrons. The molecule has 1 N–H and O–H groups in total. The minimum absolute atomic E-state index is 0.0340. The van der Waals surface area contributed by atoms with Crippen molar-refractivity contribution in [3.63, 3.8) is 0 Å². The first-order valence-corrected chi connectivity index (χ1v) is 6.70. The van der Waals surface area contributed by atoms with Crippen molar-refractivity contribution in [2.24, 2.45) is 0 Å². The standard InChI is InChI=1S/C11H23NO4.C2H6/c1-3-12-4-5-14-6-7-15-8-9-16-10-11(2)13;1-2/h12H,3-10H2,1-2H3;1-2H3. The maximum absolute atomic E-state index is 10.5. The fourth-order valence-electron chi connectivity index (χ4n) is 0.977. The molecule has 0 aromatic rings. The van der Waals surface area contributed by atoms with Crippen LogP contribution < -0.4 is 5.32 Å². The summed E-state index contributed by atoms with van der Waals surface area (Å²) in [4.78, 5) is 10.5. The molecule has 5 nitrogen and oxygen atoms in total. The first kappa shape index (κ1) is 19.8. The van der Waals surface area contributed by atoms with Crippen molar-refractivity contribution in [3.05, 3.63) is 0 Å². The molecule has 0 fully saturated rings. The van der Waals surface area contributed by atoms with Gasteiger partial charge in [0.2, 0.25) is 0 Å². The molecule has 5 heteroatoms. The van der Waals surface area contributed by atoms with E-state index in [0.717, 1.165) is 13.1 Å². The summed E-state index contributed by atoms with van der Waals surface area (Å²) in [6.07, 6.45) is 0. The molecular weight excluding hydrogens is 234 g/mol. The van der Waals surface area contributed by atoms with Crippen LogP contribution in [0.15, 0.2) is 0 Å². The van der Waals surface area contributed by atoms with Gasteiger partial charge in [-0.25, -0.2) is 0 Å². The van der Waals surface area contributed by atoms with Crippen LogP contribution in [0.2, 0.25) is 0 Å². The Hall–Kier alpha value is -0.490. The molecule has 0 saturated heterocycles. The summed E-state index contributed by atoms with van der Waals surface area (Å²) in [6, 6.07) is 0. The van der Waals surface area contributed by atoms with Crippen LogP contribution in [-0.2, 0) is 19.0 Å². The highest BCUT2D eigenvalue weighted by Gasteiger charge is 1.93. The maximum Gasteiger partial charge on any atom is 0.155 e. The van der Waals surface area contributed by atoms with Crippen LogP contribution in [0.4, 0.5) is 0 Å². The third-order valence-corrected chi connectivity index (χ3v) is 1.72. The lowest BCUT2D eigenvalue weighted by molar-refractivity contribution is -0.122. The van der Waals surface area contributed by atoms with E-state index in [-0.39, 0.29) is 12.4 Å². The summed E-state index contributed by atoms with van der Waals surface area (Å²) >= 11 is 0. The molecule has 0 aliphatic heterocycles. The smallest absolute Gasteiger partial charge is 0.155 e. The lowest BCUT2D eigenvalue weighted by atomic mass is 10.5. The van der Waals surface area contributed by atoms with Crippen molar-refractivity contribution < 1.29 is 19.0 Å². The number of ketones is 1. The Morgan fingerprint density at radius 3 is 1.94 bits per heavy atom. The Morgan fingerprint density at radius 1 is 0.944 bits per heavy atom. The van der Waals surface area contributed by atoms with Gasteiger partial charge in [-0.2, -0.15) is 0 Å². The van der Waals surface area contributed by atoms with Gasteiger partial charge in [0, 0.05) is 6.54 Å². The minimum atomic E-state index is 0.0340. The van der Waals surface area contributed by atoms with E-state index in [2.05, 4.69) is 12.2 Å². The van der Waals surface area contributed by atoms with Gasteiger partial charge in [0.1, 0.15) is 6.61 Å². The Kier molecular flexibility index (Phi) is 20.8. The van der Waals surface area contributed by atoms with Gasteiger partial charge in [-0.1, -0.05) is 20.8 Å². The lowest BCUT2D eigenvalue weighted by Gasteiger charge is -2.06. The third kappa shape index (κ3) is 20.9. The van der Waals surface area contributed by atoms with Crippen LogP contribution in [0.25, 0.3) is 0 Å². The number of rotatable bonds is 12. The predicted molar refractivity (Wildman–Crippen MR) is 73.0 cm³/mol. The molecule has 0 spiro atoms. The van der Waals surface area contributed by atoms with E-state index in [1.165, 1.54) is 6.92 Å². The van der Waals surface area contributed by atoms with Crippen molar-refractivity contribution in [2.75, 3.05) is 52.7 Å². The predicted octanol–water partition coefficient (Wildman–Crippen LogP) is 1.26. The van der Waals surface area contributed by atoms with Crippen LogP contribution in [0.1, 0.15) is 27.7 Å². The molecule has 110 valence electrons. The van der Waals surface area contributed by atoms with E-state index in [1.54, 1.807) is 0 Å². The lowest BCUT2D eigenvalue weighted by Crippen LogP contribution is -2.20. The normalized spacial score (nSPS) is 9.78. The van der Waals surface area contributed by atoms with Crippen molar-refractivity contribution in [2.45, 2.75) is 27.7 Å². The van der Waals surface area contributed by atoms with Gasteiger partial charge in [0.15, 0.2) is 5.78 Å². The van der Waals surface area contributed by atoms with Crippen LogP contribution in [0.3, 0.4) is 0 Å². The summed E-state index contributed by atoms with van der Waals surface area (Å²) in [5.74, 6) is 0.0340. The second kappa shape index (κ2) is 18.9. The number of nitrogens with one attached hydrogen (secondary N) is 1. The molecule has 0 aromatic carbocycles. The molecular formula is C13H29NO4. The van der Waals surface area contributed by atoms with Gasteiger partial charge in [-0.05, 0) is 13.5 Å². The van der Waals surface area contributed by atoms with Gasteiger partial charge < -0.3 is 19.5 Å². The number of Topliss-reactive ketones (excluding diaryl/α,β-unsaturated/α-hetero) is 1. The molecule has 0 aromatic heterocycles. The van der Waals surface area contributed by atoms with Gasteiger partial charge in [0.05, 0.1) is 33.0 Å². The van der Waals surface area contributed by atoms with E-state index in [4.69, 9.17) is 14.2 Å². The molecule has 0 aliphatic rings. The van der Waals surface area contributed by atoms with E-state index in [1.807, 2.05) is 13.8 Å². The van der Waals surface area contributed by atoms with Gasteiger partial charge in [-0.3, -0.25) is 4.79 Å². The molecule has 18 heavy (non-hydrogen) atoms. The fraction of sp³-hybridized carbons (Fsp3) is 0.923. The van der Waals surface area contributed by atoms with Crippen molar-refractivity contribution >= 4 is 5.78 Å². The Labute approximate surface area is 111 Å². The van der Waals surface area contributed by atoms with Crippen LogP contribution in [0, 0.1) is 0 Å². The van der Waals surface area contributed by atoms with E-state index >= 15 is 0 Å². The summed E-state index contributed by atoms with van der Waals surface area (Å²) in [6.45, 7) is 12.4. The molecule has 0 bridgehead atoms. The molecule has 0 aliphatic carbocycles. The maximum atomic E-state index is 10.5. The fourth-order valence-corrected chi connectivity index (χ4v) is 0.977. The quantitative estimate of drug-likeness (QED) is 0.537. The summed E-state index contributed by atoms with van der Waals surface area (Å²) in [5, 5.41) is 3.16. The first-order valence-electron chi connectivity index (χ1n) is 6.70. The Balaban J connectivity index is 0. The number of carbonyl (C=O) groups excluding carboxylic acids is 1. The SMILES string of the molecule is CC.CCNCCOCCOCCOCC(C)=O. The number of hydrogen-bond donors (Lipinski definition) is 1. The number of carbonyl (C=O) groups is 1. The minimum Gasteiger partial charge on any atom is -0.378 e. The highest BCUT2D eigenvalue weighted by Crippen LogP contribution is 1.81. The molecule has 0 amide bonds. The summed E-state index contributed by atoms with van der Waals surface area (Å²) < 4.78 is 15.6. The molecule has 0 heterocycles. The van der Waals surface area contributed by atoms with Crippen LogP contribution in [-0.4, -0.2) is 58.5 Å². The average Bonchev–Trinajstić information content (AvgIpc) is 2.38. The van der Waals surface area contributed by atoms with Crippen LogP contribution in [0.5, 0.6) is 0 Å². The zero-order chi connectivity index (χ0) is 14.1. The van der Waals surface area contributed by atoms with Crippen molar-refractivity contribution in [3.8, 4) is 0 Å². The highest BCUT2D eigenvalue weighted by molar-refractivity contribution is 5.76. The molecule has 0 atom stereocenters. The Bertz CT molecular complexity index is 165. The third-order valence-electron chi connectivity index (χ3n) is 1.72.